The Morgan fingerprint density at radius 1 is 1.18 bits per heavy atom. The Morgan fingerprint density at radius 3 is 2.68 bits per heavy atom. The molecule has 1 fully saturated rings. The minimum absolute atomic E-state index is 0.0362. The lowest BCUT2D eigenvalue weighted by Crippen LogP contribution is -2.64. The number of nitriles is 1. The Morgan fingerprint density at radius 2 is 1.97 bits per heavy atom. The van der Waals surface area contributed by atoms with Crippen molar-refractivity contribution >= 4 is 5.65 Å². The third-order valence-electron chi connectivity index (χ3n) is 5.92. The van der Waals surface area contributed by atoms with Gasteiger partial charge in [0.15, 0.2) is 5.82 Å². The summed E-state index contributed by atoms with van der Waals surface area (Å²) in [7, 11) is 1.65. The average molecular weight is 468 g/mol. The first-order valence-corrected chi connectivity index (χ1v) is 10.4. The Bertz CT molecular complexity index is 1470. The van der Waals surface area contributed by atoms with E-state index in [1.54, 1.807) is 59.1 Å². The fraction of sp³-hybridized carbons (Fsp3) is 0.318. The summed E-state index contributed by atoms with van der Waals surface area (Å²) in [6.07, 6.45) is 2.45. The molecule has 0 bridgehead atoms. The van der Waals surface area contributed by atoms with Crippen LogP contribution in [0.2, 0.25) is 0 Å². The number of rotatable bonds is 5. The number of likely N-dealkylation sites (tertiary alicyclic amines) is 1. The molecule has 5 rings (SSSR count). The molecule has 0 aliphatic carbocycles. The maximum absolute atomic E-state index is 12.8. The summed E-state index contributed by atoms with van der Waals surface area (Å²) in [5.41, 5.74) is 1.44. The van der Waals surface area contributed by atoms with E-state index in [0.717, 1.165) is 5.56 Å². The molecule has 0 unspecified atom stereocenters. The number of pyridine rings is 1. The SMILES string of the molecule is Cn1cc(-c2cc3nccn3c(-c3ccn(C4(CC#N)CN(CC(F)(F)F)C4)n3)n2)ccc1=O. The summed E-state index contributed by atoms with van der Waals surface area (Å²) in [6.45, 7) is -0.868. The maximum atomic E-state index is 12.8. The highest BCUT2D eigenvalue weighted by molar-refractivity contribution is 5.67. The Labute approximate surface area is 191 Å². The van der Waals surface area contributed by atoms with Gasteiger partial charge in [-0.05, 0) is 12.1 Å². The second-order valence-corrected chi connectivity index (χ2v) is 8.45. The highest BCUT2D eigenvalue weighted by Crippen LogP contribution is 2.35. The molecule has 5 heterocycles. The van der Waals surface area contributed by atoms with Crippen molar-refractivity contribution in [2.45, 2.75) is 18.1 Å². The molecule has 1 aliphatic heterocycles. The topological polar surface area (TPSA) is 97.0 Å². The van der Waals surface area contributed by atoms with E-state index in [1.807, 2.05) is 0 Å². The van der Waals surface area contributed by atoms with Crippen molar-refractivity contribution in [2.24, 2.45) is 7.05 Å². The molecule has 9 nitrogen and oxygen atoms in total. The lowest BCUT2D eigenvalue weighted by atomic mass is 9.87. The van der Waals surface area contributed by atoms with Gasteiger partial charge < -0.3 is 4.57 Å². The van der Waals surface area contributed by atoms with Gasteiger partial charge >= 0.3 is 6.18 Å². The Balaban J connectivity index is 1.52. The number of halogens is 3. The molecule has 0 amide bonds. The zero-order valence-electron chi connectivity index (χ0n) is 18.1. The van der Waals surface area contributed by atoms with Gasteiger partial charge in [-0.2, -0.15) is 23.5 Å². The van der Waals surface area contributed by atoms with Gasteiger partial charge in [0.2, 0.25) is 5.56 Å². The number of fused-ring (bicyclic) bond motifs is 1. The van der Waals surface area contributed by atoms with Crippen LogP contribution in [0, 0.1) is 11.3 Å². The third kappa shape index (κ3) is 3.84. The predicted octanol–water partition coefficient (Wildman–Crippen LogP) is 2.45. The monoisotopic (exact) mass is 468 g/mol. The number of hydrogen-bond donors (Lipinski definition) is 0. The van der Waals surface area contributed by atoms with Crippen molar-refractivity contribution in [3.63, 3.8) is 0 Å². The van der Waals surface area contributed by atoms with E-state index in [2.05, 4.69) is 16.2 Å². The highest BCUT2D eigenvalue weighted by Gasteiger charge is 2.48. The predicted molar refractivity (Wildman–Crippen MR) is 116 cm³/mol. The Hall–Kier alpha value is -3.98. The largest absolute Gasteiger partial charge is 0.401 e. The minimum atomic E-state index is -4.30. The van der Waals surface area contributed by atoms with Crippen LogP contribution in [0.3, 0.4) is 0 Å². The number of nitrogens with zero attached hydrogens (tertiary/aromatic N) is 8. The first kappa shape index (κ1) is 21.8. The molecule has 1 aliphatic rings. The van der Waals surface area contributed by atoms with Gasteiger partial charge in [0.05, 0.1) is 24.7 Å². The fourth-order valence-electron chi connectivity index (χ4n) is 4.34. The smallest absolute Gasteiger partial charge is 0.318 e. The normalized spacial score (nSPS) is 15.9. The van der Waals surface area contributed by atoms with E-state index in [0.29, 0.717) is 22.9 Å². The molecule has 34 heavy (non-hydrogen) atoms. The van der Waals surface area contributed by atoms with Gasteiger partial charge in [0.25, 0.3) is 0 Å². The standard InChI is InChI=1S/C22H19F3N8O/c1-30-11-15(2-3-19(30)34)17-10-18-27-7-9-32(18)20(28-17)16-4-8-33(29-16)21(5-6-26)12-31(13-21)14-22(23,24)25/h2-4,7-11H,5,12-14H2,1H3. The van der Waals surface area contributed by atoms with E-state index in [4.69, 9.17) is 4.98 Å². The maximum Gasteiger partial charge on any atom is 0.401 e. The van der Waals surface area contributed by atoms with Crippen LogP contribution in [0.25, 0.3) is 28.4 Å². The molecule has 0 radical (unpaired) electrons. The number of aryl methyl sites for hydroxylation is 1. The van der Waals surface area contributed by atoms with E-state index in [1.165, 1.54) is 15.5 Å². The van der Waals surface area contributed by atoms with E-state index in [9.17, 15) is 23.2 Å². The number of aromatic nitrogens is 6. The zero-order valence-corrected chi connectivity index (χ0v) is 18.1. The Kier molecular flexibility index (Phi) is 5.02. The van der Waals surface area contributed by atoms with Gasteiger partial charge in [-0.3, -0.25) is 18.8 Å². The average Bonchev–Trinajstić information content (AvgIpc) is 3.42. The molecule has 174 valence electrons. The molecule has 0 aromatic carbocycles. The first-order chi connectivity index (χ1) is 16.2. The third-order valence-corrected chi connectivity index (χ3v) is 5.92. The van der Waals surface area contributed by atoms with E-state index >= 15 is 0 Å². The minimum Gasteiger partial charge on any atom is -0.318 e. The summed E-state index contributed by atoms with van der Waals surface area (Å²) >= 11 is 0. The summed E-state index contributed by atoms with van der Waals surface area (Å²) in [4.78, 5) is 22.1. The van der Waals surface area contributed by atoms with Crippen LogP contribution in [0.5, 0.6) is 0 Å². The summed E-state index contributed by atoms with van der Waals surface area (Å²) in [5, 5.41) is 13.9. The van der Waals surface area contributed by atoms with Crippen molar-refractivity contribution in [3.05, 3.63) is 59.4 Å². The first-order valence-electron chi connectivity index (χ1n) is 10.4. The van der Waals surface area contributed by atoms with Crippen molar-refractivity contribution in [2.75, 3.05) is 19.6 Å². The summed E-state index contributed by atoms with van der Waals surface area (Å²) < 4.78 is 43.1. The van der Waals surface area contributed by atoms with Crippen molar-refractivity contribution in [1.82, 2.24) is 33.6 Å². The second kappa shape index (κ2) is 7.81. The fourth-order valence-corrected chi connectivity index (χ4v) is 4.34. The zero-order chi connectivity index (χ0) is 24.1. The van der Waals surface area contributed by atoms with Gasteiger partial charge in [-0.1, -0.05) is 0 Å². The van der Waals surface area contributed by atoms with Crippen LogP contribution in [-0.2, 0) is 12.6 Å². The van der Waals surface area contributed by atoms with Crippen molar-refractivity contribution in [1.29, 1.82) is 5.26 Å². The quantitative estimate of drug-likeness (QED) is 0.446. The van der Waals surface area contributed by atoms with Crippen LogP contribution < -0.4 is 5.56 Å². The second-order valence-electron chi connectivity index (χ2n) is 8.45. The molecule has 4 aromatic heterocycles. The van der Waals surface area contributed by atoms with Gasteiger partial charge in [0, 0.05) is 62.6 Å². The number of alkyl halides is 3. The molecule has 12 heteroatoms. The van der Waals surface area contributed by atoms with E-state index < -0.39 is 18.3 Å². The molecule has 0 N–H and O–H groups in total. The van der Waals surface area contributed by atoms with Crippen molar-refractivity contribution in [3.8, 4) is 28.8 Å². The summed E-state index contributed by atoms with van der Waals surface area (Å²) in [5.74, 6) is 0.483. The summed E-state index contributed by atoms with van der Waals surface area (Å²) in [6, 6.07) is 8.72. The van der Waals surface area contributed by atoms with Crippen LogP contribution >= 0.6 is 0 Å². The molecule has 0 spiro atoms. The van der Waals surface area contributed by atoms with Crippen LogP contribution in [0.15, 0.2) is 53.8 Å². The van der Waals surface area contributed by atoms with Crippen molar-refractivity contribution < 1.29 is 13.2 Å². The van der Waals surface area contributed by atoms with Gasteiger partial charge in [-0.25, -0.2) is 9.97 Å². The lowest BCUT2D eigenvalue weighted by molar-refractivity contribution is -0.167. The van der Waals surface area contributed by atoms with Crippen LogP contribution in [0.1, 0.15) is 6.42 Å². The molecule has 0 atom stereocenters. The van der Waals surface area contributed by atoms with E-state index in [-0.39, 0.29) is 25.1 Å². The molecule has 1 saturated heterocycles. The number of hydrogen-bond acceptors (Lipinski definition) is 6. The molecular formula is C22H19F3N8O. The van der Waals surface area contributed by atoms with Crippen LogP contribution in [0.4, 0.5) is 13.2 Å². The van der Waals surface area contributed by atoms with Crippen LogP contribution in [-0.4, -0.2) is 59.4 Å². The molecular weight excluding hydrogens is 449 g/mol. The molecule has 4 aromatic rings. The molecule has 0 saturated carbocycles. The van der Waals surface area contributed by atoms with Gasteiger partial charge in [-0.15, -0.1) is 0 Å². The van der Waals surface area contributed by atoms with Gasteiger partial charge in [0.1, 0.15) is 16.9 Å². The highest BCUT2D eigenvalue weighted by atomic mass is 19.4. The number of imidazole rings is 1. The lowest BCUT2D eigenvalue weighted by Gasteiger charge is -2.49.